The van der Waals surface area contributed by atoms with Gasteiger partial charge >= 0.3 is 0 Å². The Labute approximate surface area is 144 Å². The molecule has 1 fully saturated rings. The summed E-state index contributed by atoms with van der Waals surface area (Å²) in [5.74, 6) is -3.85. The van der Waals surface area contributed by atoms with Crippen LogP contribution in [-0.2, 0) is 0 Å². The van der Waals surface area contributed by atoms with Crippen LogP contribution in [0.3, 0.4) is 0 Å². The fourth-order valence-electron chi connectivity index (χ4n) is 2.91. The van der Waals surface area contributed by atoms with Crippen LogP contribution in [0.2, 0.25) is 0 Å². The molecule has 2 aromatic carbocycles. The van der Waals surface area contributed by atoms with E-state index in [-0.39, 0.29) is 11.5 Å². The standard InChI is InChI=1S/C19H19F3N2O/c1-19(10-23,14-6-7-14)24-18(25)12-4-2-11(3-5-12)13-8-15(20)17(22)16(21)9-13/h2-5,8-9,14H,6-7,10,23H2,1H3,(H,24,25). The third kappa shape index (κ3) is 3.54. The highest BCUT2D eigenvalue weighted by molar-refractivity contribution is 5.95. The Hall–Kier alpha value is -2.34. The van der Waals surface area contributed by atoms with E-state index in [4.69, 9.17) is 5.73 Å². The van der Waals surface area contributed by atoms with Crippen LogP contribution in [0.4, 0.5) is 13.2 Å². The molecule has 3 nitrogen and oxygen atoms in total. The third-order valence-electron chi connectivity index (χ3n) is 4.77. The summed E-state index contributed by atoms with van der Waals surface area (Å²) in [7, 11) is 0. The summed E-state index contributed by atoms with van der Waals surface area (Å²) in [5, 5.41) is 2.97. The summed E-state index contributed by atoms with van der Waals surface area (Å²) in [6, 6.07) is 8.11. The molecule has 1 unspecified atom stereocenters. The van der Waals surface area contributed by atoms with Crippen molar-refractivity contribution in [2.45, 2.75) is 25.3 Å². The average Bonchev–Trinajstić information content (AvgIpc) is 3.44. The number of rotatable bonds is 5. The quantitative estimate of drug-likeness (QED) is 0.811. The maximum Gasteiger partial charge on any atom is 0.251 e. The fourth-order valence-corrected chi connectivity index (χ4v) is 2.91. The number of nitrogens with two attached hydrogens (primary N) is 1. The number of hydrogen-bond donors (Lipinski definition) is 2. The molecule has 25 heavy (non-hydrogen) atoms. The molecule has 3 N–H and O–H groups in total. The van der Waals surface area contributed by atoms with Gasteiger partial charge in [-0.1, -0.05) is 12.1 Å². The summed E-state index contributed by atoms with van der Waals surface area (Å²) in [6.07, 6.45) is 2.10. The van der Waals surface area contributed by atoms with Crippen LogP contribution in [0.1, 0.15) is 30.1 Å². The number of hydrogen-bond acceptors (Lipinski definition) is 2. The summed E-state index contributed by atoms with van der Waals surface area (Å²) >= 11 is 0. The molecule has 1 aliphatic carbocycles. The van der Waals surface area contributed by atoms with Gasteiger partial charge in [-0.05, 0) is 61.1 Å². The molecule has 0 saturated heterocycles. The molecule has 0 spiro atoms. The van der Waals surface area contributed by atoms with E-state index >= 15 is 0 Å². The molecular weight excluding hydrogens is 329 g/mol. The van der Waals surface area contributed by atoms with Crippen LogP contribution in [-0.4, -0.2) is 18.0 Å². The van der Waals surface area contributed by atoms with Gasteiger partial charge < -0.3 is 11.1 Å². The van der Waals surface area contributed by atoms with Gasteiger partial charge in [-0.3, -0.25) is 4.79 Å². The number of amides is 1. The Kier molecular flexibility index (Phi) is 4.56. The van der Waals surface area contributed by atoms with E-state index in [9.17, 15) is 18.0 Å². The average molecular weight is 348 g/mol. The van der Waals surface area contributed by atoms with Crippen molar-refractivity contribution in [1.29, 1.82) is 0 Å². The van der Waals surface area contributed by atoms with Crippen LogP contribution in [0.15, 0.2) is 36.4 Å². The Morgan fingerprint density at radius 2 is 1.68 bits per heavy atom. The molecule has 0 aromatic heterocycles. The number of nitrogens with one attached hydrogen (secondary N) is 1. The molecule has 1 amide bonds. The van der Waals surface area contributed by atoms with Crippen molar-refractivity contribution in [3.63, 3.8) is 0 Å². The van der Waals surface area contributed by atoms with Gasteiger partial charge in [0.25, 0.3) is 5.91 Å². The van der Waals surface area contributed by atoms with Crippen molar-refractivity contribution in [3.8, 4) is 11.1 Å². The zero-order valence-electron chi connectivity index (χ0n) is 13.8. The monoisotopic (exact) mass is 348 g/mol. The van der Waals surface area contributed by atoms with Crippen LogP contribution >= 0.6 is 0 Å². The first-order chi connectivity index (χ1) is 11.8. The molecule has 1 aliphatic rings. The van der Waals surface area contributed by atoms with Gasteiger partial charge in [0.15, 0.2) is 17.5 Å². The zero-order chi connectivity index (χ0) is 18.2. The van der Waals surface area contributed by atoms with Gasteiger partial charge in [0.05, 0.1) is 5.54 Å². The Bertz CT molecular complexity index is 780. The third-order valence-corrected chi connectivity index (χ3v) is 4.77. The van der Waals surface area contributed by atoms with E-state index in [2.05, 4.69) is 5.32 Å². The molecule has 1 atom stereocenters. The Morgan fingerprint density at radius 1 is 1.12 bits per heavy atom. The fraction of sp³-hybridized carbons (Fsp3) is 0.316. The summed E-state index contributed by atoms with van der Waals surface area (Å²) in [6.45, 7) is 2.29. The predicted octanol–water partition coefficient (Wildman–Crippen LogP) is 3.63. The van der Waals surface area contributed by atoms with Gasteiger partial charge in [-0.15, -0.1) is 0 Å². The van der Waals surface area contributed by atoms with E-state index in [0.717, 1.165) is 25.0 Å². The maximum atomic E-state index is 13.3. The molecule has 2 aromatic rings. The first-order valence-corrected chi connectivity index (χ1v) is 8.11. The van der Waals surface area contributed by atoms with Gasteiger partial charge in [0, 0.05) is 12.1 Å². The van der Waals surface area contributed by atoms with Gasteiger partial charge in [-0.2, -0.15) is 0 Å². The lowest BCUT2D eigenvalue weighted by Gasteiger charge is -2.29. The Morgan fingerprint density at radius 3 is 2.16 bits per heavy atom. The van der Waals surface area contributed by atoms with Crippen molar-refractivity contribution in [3.05, 3.63) is 59.4 Å². The second-order valence-electron chi connectivity index (χ2n) is 6.68. The molecule has 1 saturated carbocycles. The minimum absolute atomic E-state index is 0.202. The molecule has 0 radical (unpaired) electrons. The normalized spacial score (nSPS) is 16.4. The molecule has 0 aliphatic heterocycles. The van der Waals surface area contributed by atoms with Gasteiger partial charge in [0.2, 0.25) is 0 Å². The second-order valence-corrected chi connectivity index (χ2v) is 6.68. The van der Waals surface area contributed by atoms with Crippen LogP contribution in [0.25, 0.3) is 11.1 Å². The molecule has 3 rings (SSSR count). The number of carbonyl (C=O) groups is 1. The van der Waals surface area contributed by atoms with E-state index in [1.54, 1.807) is 24.3 Å². The van der Waals surface area contributed by atoms with E-state index < -0.39 is 23.0 Å². The molecular formula is C19H19F3N2O. The highest BCUT2D eigenvalue weighted by atomic mass is 19.2. The topological polar surface area (TPSA) is 55.1 Å². The molecule has 132 valence electrons. The number of halogens is 3. The number of benzene rings is 2. The van der Waals surface area contributed by atoms with Gasteiger partial charge in [0.1, 0.15) is 0 Å². The van der Waals surface area contributed by atoms with Crippen LogP contribution in [0.5, 0.6) is 0 Å². The highest BCUT2D eigenvalue weighted by Gasteiger charge is 2.41. The van der Waals surface area contributed by atoms with Crippen LogP contribution in [0, 0.1) is 23.4 Å². The summed E-state index contributed by atoms with van der Waals surface area (Å²) in [4.78, 5) is 12.4. The summed E-state index contributed by atoms with van der Waals surface area (Å²) < 4.78 is 39.7. The van der Waals surface area contributed by atoms with Crippen molar-refractivity contribution >= 4 is 5.91 Å². The first-order valence-electron chi connectivity index (χ1n) is 8.11. The lowest BCUT2D eigenvalue weighted by molar-refractivity contribution is 0.0898. The smallest absolute Gasteiger partial charge is 0.251 e. The minimum atomic E-state index is -1.50. The SMILES string of the molecule is CC(CN)(NC(=O)c1ccc(-c2cc(F)c(F)c(F)c2)cc1)C1CC1. The van der Waals surface area contributed by atoms with Crippen molar-refractivity contribution in [2.75, 3.05) is 6.54 Å². The van der Waals surface area contributed by atoms with E-state index in [1.165, 1.54) is 0 Å². The Balaban J connectivity index is 1.79. The van der Waals surface area contributed by atoms with E-state index in [1.807, 2.05) is 6.92 Å². The number of carbonyl (C=O) groups excluding carboxylic acids is 1. The lowest BCUT2D eigenvalue weighted by atomic mass is 9.95. The highest BCUT2D eigenvalue weighted by Crippen LogP contribution is 2.39. The first kappa shape index (κ1) is 17.5. The van der Waals surface area contributed by atoms with E-state index in [0.29, 0.717) is 23.6 Å². The van der Waals surface area contributed by atoms with Crippen molar-refractivity contribution < 1.29 is 18.0 Å². The maximum absolute atomic E-state index is 13.3. The van der Waals surface area contributed by atoms with Crippen molar-refractivity contribution in [2.24, 2.45) is 11.7 Å². The summed E-state index contributed by atoms with van der Waals surface area (Å²) in [5.41, 5.74) is 6.48. The molecule has 0 heterocycles. The van der Waals surface area contributed by atoms with Gasteiger partial charge in [-0.25, -0.2) is 13.2 Å². The molecule has 0 bridgehead atoms. The largest absolute Gasteiger partial charge is 0.345 e. The van der Waals surface area contributed by atoms with Crippen molar-refractivity contribution in [1.82, 2.24) is 5.32 Å². The predicted molar refractivity (Wildman–Crippen MR) is 89.4 cm³/mol. The van der Waals surface area contributed by atoms with Crippen LogP contribution < -0.4 is 11.1 Å². The lowest BCUT2D eigenvalue weighted by Crippen LogP contribution is -2.53. The minimum Gasteiger partial charge on any atom is -0.345 e. The second kappa shape index (κ2) is 6.52. The molecule has 6 heteroatoms. The zero-order valence-corrected chi connectivity index (χ0v) is 13.8.